The largest absolute Gasteiger partial charge is 0.382 e. The fourth-order valence-corrected chi connectivity index (χ4v) is 4.90. The number of hydrogen-bond acceptors (Lipinski definition) is 5. The summed E-state index contributed by atoms with van der Waals surface area (Å²) in [7, 11) is 1.51. The van der Waals surface area contributed by atoms with Crippen LogP contribution in [0, 0.1) is 11.6 Å². The van der Waals surface area contributed by atoms with Crippen LogP contribution in [0.15, 0.2) is 18.2 Å². The predicted molar refractivity (Wildman–Crippen MR) is 119 cm³/mol. The second kappa shape index (κ2) is 9.81. The molecule has 0 radical (unpaired) electrons. The van der Waals surface area contributed by atoms with E-state index in [1.165, 1.54) is 13.2 Å². The monoisotopic (exact) mass is 495 g/mol. The highest BCUT2D eigenvalue weighted by Gasteiger charge is 2.39. The van der Waals surface area contributed by atoms with E-state index in [0.29, 0.717) is 51.1 Å². The Kier molecular flexibility index (Phi) is 7.01. The molecule has 2 aromatic rings. The van der Waals surface area contributed by atoms with E-state index in [1.54, 1.807) is 4.57 Å². The maximum absolute atomic E-state index is 13.5. The molecule has 1 aromatic carbocycles. The third-order valence-corrected chi connectivity index (χ3v) is 6.55. The summed E-state index contributed by atoms with van der Waals surface area (Å²) in [5.74, 6) is -4.55. The lowest BCUT2D eigenvalue weighted by Gasteiger charge is -2.37. The minimum Gasteiger partial charge on any atom is -0.382 e. The predicted octanol–water partition coefficient (Wildman–Crippen LogP) is 3.11. The van der Waals surface area contributed by atoms with Gasteiger partial charge in [0.2, 0.25) is 0 Å². The topological polar surface area (TPSA) is 98.7 Å². The average Bonchev–Trinajstić information content (AvgIpc) is 3.36. The molecule has 0 bridgehead atoms. The molecule has 1 fully saturated rings. The van der Waals surface area contributed by atoms with E-state index in [9.17, 15) is 23.2 Å². The highest BCUT2D eigenvalue weighted by atomic mass is 35.5. The van der Waals surface area contributed by atoms with Crippen molar-refractivity contribution < 1.29 is 32.6 Å². The number of carbonyl (C=O) groups excluding carboxylic acids is 3. The fraction of sp³-hybridized carbons (Fsp3) is 0.435. The van der Waals surface area contributed by atoms with Gasteiger partial charge < -0.3 is 24.7 Å². The smallest absolute Gasteiger partial charge is 0.294 e. The number of rotatable bonds is 7. The van der Waals surface area contributed by atoms with Crippen molar-refractivity contribution in [2.24, 2.45) is 0 Å². The molecule has 2 aliphatic heterocycles. The number of anilines is 1. The number of nitrogens with zero attached hydrogens (tertiary/aromatic N) is 1. The van der Waals surface area contributed by atoms with Gasteiger partial charge in [0.1, 0.15) is 5.69 Å². The minimum absolute atomic E-state index is 0.0320. The molecule has 2 amide bonds. The van der Waals surface area contributed by atoms with Gasteiger partial charge in [0.15, 0.2) is 11.6 Å². The Labute approximate surface area is 199 Å². The lowest BCUT2D eigenvalue weighted by molar-refractivity contribution is -0.121. The first-order chi connectivity index (χ1) is 16.3. The molecule has 0 aliphatic carbocycles. The summed E-state index contributed by atoms with van der Waals surface area (Å²) in [4.78, 5) is 39.2. The standard InChI is InChI=1S/C23H24ClF2N3O5/c1-33-12-23(6-9-34-10-7-23)28-22(32)20(30)19-18(24)17(16-3-2-8-29(16)19)21(31)27-13-4-5-14(25)15(26)11-13/h4-5,11H,2-3,6-10,12H2,1H3,(H,27,31)(H,28,32). The quantitative estimate of drug-likeness (QED) is 0.454. The Morgan fingerprint density at radius 1 is 1.21 bits per heavy atom. The maximum Gasteiger partial charge on any atom is 0.294 e. The molecule has 0 spiro atoms. The number of Topliss-reactive ketones (excluding diaryl/α,β-unsaturated/α-hetero) is 1. The first-order valence-electron chi connectivity index (χ1n) is 10.9. The molecular formula is C23H24ClF2N3O5. The van der Waals surface area contributed by atoms with Gasteiger partial charge in [0, 0.05) is 44.3 Å². The second-order valence-corrected chi connectivity index (χ2v) is 8.81. The van der Waals surface area contributed by atoms with Crippen LogP contribution in [0.3, 0.4) is 0 Å². The van der Waals surface area contributed by atoms with Gasteiger partial charge in [0.05, 0.1) is 22.7 Å². The minimum atomic E-state index is -1.11. The fourth-order valence-electron chi connectivity index (χ4n) is 4.51. The van der Waals surface area contributed by atoms with Gasteiger partial charge in [-0.25, -0.2) is 8.78 Å². The summed E-state index contributed by atoms with van der Waals surface area (Å²) in [5.41, 5.74) is -0.220. The summed E-state index contributed by atoms with van der Waals surface area (Å²) >= 11 is 6.48. The Balaban J connectivity index is 1.61. The molecule has 3 heterocycles. The van der Waals surface area contributed by atoms with E-state index in [4.69, 9.17) is 21.1 Å². The zero-order valence-corrected chi connectivity index (χ0v) is 19.3. The van der Waals surface area contributed by atoms with E-state index in [-0.39, 0.29) is 28.6 Å². The molecule has 2 N–H and O–H groups in total. The van der Waals surface area contributed by atoms with Gasteiger partial charge in [-0.3, -0.25) is 14.4 Å². The number of benzene rings is 1. The number of ketones is 1. The SMILES string of the molecule is COCC1(NC(=O)C(=O)c2c(Cl)c(C(=O)Nc3ccc(F)c(F)c3)c3n2CCC3)CCOCC1. The van der Waals surface area contributed by atoms with Crippen LogP contribution in [0.25, 0.3) is 0 Å². The van der Waals surface area contributed by atoms with Gasteiger partial charge >= 0.3 is 0 Å². The van der Waals surface area contributed by atoms with Crippen LogP contribution in [0.4, 0.5) is 14.5 Å². The number of ether oxygens (including phenoxy) is 2. The van der Waals surface area contributed by atoms with Crippen LogP contribution < -0.4 is 10.6 Å². The number of nitrogens with one attached hydrogen (secondary N) is 2. The van der Waals surface area contributed by atoms with Crippen molar-refractivity contribution in [2.45, 2.75) is 37.8 Å². The molecule has 0 saturated carbocycles. The van der Waals surface area contributed by atoms with E-state index in [0.717, 1.165) is 12.1 Å². The van der Waals surface area contributed by atoms with E-state index < -0.39 is 34.8 Å². The van der Waals surface area contributed by atoms with E-state index in [1.807, 2.05) is 0 Å². The molecule has 182 valence electrons. The van der Waals surface area contributed by atoms with Gasteiger partial charge in [-0.1, -0.05) is 11.6 Å². The maximum atomic E-state index is 13.5. The van der Waals surface area contributed by atoms with Crippen LogP contribution in [-0.4, -0.2) is 54.6 Å². The highest BCUT2D eigenvalue weighted by Crippen LogP contribution is 2.34. The van der Waals surface area contributed by atoms with Gasteiger partial charge in [-0.15, -0.1) is 0 Å². The lowest BCUT2D eigenvalue weighted by atomic mass is 9.90. The van der Waals surface area contributed by atoms with Crippen LogP contribution in [0.2, 0.25) is 5.02 Å². The van der Waals surface area contributed by atoms with Gasteiger partial charge in [-0.05, 0) is 37.8 Å². The molecule has 0 atom stereocenters. The van der Waals surface area contributed by atoms with Crippen molar-refractivity contribution in [1.82, 2.24) is 9.88 Å². The molecular weight excluding hydrogens is 472 g/mol. The van der Waals surface area contributed by atoms with Crippen LogP contribution in [0.5, 0.6) is 0 Å². The molecule has 0 unspecified atom stereocenters. The number of halogens is 3. The number of carbonyl (C=O) groups is 3. The third-order valence-electron chi connectivity index (χ3n) is 6.18. The van der Waals surface area contributed by atoms with Crippen molar-refractivity contribution in [3.63, 3.8) is 0 Å². The number of hydrogen-bond donors (Lipinski definition) is 2. The number of amides is 2. The zero-order chi connectivity index (χ0) is 24.5. The van der Waals surface area contributed by atoms with Gasteiger partial charge in [-0.2, -0.15) is 0 Å². The number of aromatic nitrogens is 1. The number of methoxy groups -OCH3 is 1. The summed E-state index contributed by atoms with van der Waals surface area (Å²) in [6.45, 7) is 1.48. The first-order valence-corrected chi connectivity index (χ1v) is 11.2. The summed E-state index contributed by atoms with van der Waals surface area (Å²) in [6, 6.07) is 2.95. The Hall–Kier alpha value is -2.82. The summed E-state index contributed by atoms with van der Waals surface area (Å²) in [6.07, 6.45) is 2.11. The van der Waals surface area contributed by atoms with Crippen molar-refractivity contribution in [3.8, 4) is 0 Å². The summed E-state index contributed by atoms with van der Waals surface area (Å²) in [5, 5.41) is 5.13. The van der Waals surface area contributed by atoms with Crippen LogP contribution in [0.1, 0.15) is 45.8 Å². The molecule has 2 aliphatic rings. The molecule has 1 aromatic heterocycles. The highest BCUT2D eigenvalue weighted by molar-refractivity contribution is 6.48. The van der Waals surface area contributed by atoms with E-state index >= 15 is 0 Å². The molecule has 4 rings (SSSR count). The second-order valence-electron chi connectivity index (χ2n) is 8.43. The zero-order valence-electron chi connectivity index (χ0n) is 18.5. The lowest BCUT2D eigenvalue weighted by Crippen LogP contribution is -2.56. The average molecular weight is 496 g/mol. The Morgan fingerprint density at radius 2 is 1.94 bits per heavy atom. The summed E-state index contributed by atoms with van der Waals surface area (Å²) < 4.78 is 39.0. The van der Waals surface area contributed by atoms with Crippen molar-refractivity contribution in [2.75, 3.05) is 32.2 Å². The van der Waals surface area contributed by atoms with Crippen LogP contribution >= 0.6 is 11.6 Å². The van der Waals surface area contributed by atoms with E-state index in [2.05, 4.69) is 10.6 Å². The van der Waals surface area contributed by atoms with Crippen LogP contribution in [-0.2, 0) is 27.2 Å². The molecule has 8 nitrogen and oxygen atoms in total. The normalized spacial score (nSPS) is 16.7. The van der Waals surface area contributed by atoms with Crippen molar-refractivity contribution >= 4 is 34.9 Å². The van der Waals surface area contributed by atoms with Crippen molar-refractivity contribution in [3.05, 3.63) is 51.8 Å². The molecule has 11 heteroatoms. The number of fused-ring (bicyclic) bond motifs is 1. The molecule has 34 heavy (non-hydrogen) atoms. The third kappa shape index (κ3) is 4.57. The Bertz CT molecular complexity index is 1140. The van der Waals surface area contributed by atoms with Crippen molar-refractivity contribution in [1.29, 1.82) is 0 Å². The molecule has 1 saturated heterocycles. The van der Waals surface area contributed by atoms with Gasteiger partial charge in [0.25, 0.3) is 17.6 Å². The first kappa shape index (κ1) is 24.3. The Morgan fingerprint density at radius 3 is 2.62 bits per heavy atom.